The molecule has 0 radical (unpaired) electrons. The standard InChI is InChI=1S/C12H13FN4OS/c13-9-4-8(5-15-6-9)11(18)16-3-1-2-10-7-19-12(14)17-10/h4-7H,1-3H2,(H2,14,17)(H,16,18). The van der Waals surface area contributed by atoms with E-state index in [0.717, 1.165) is 30.8 Å². The van der Waals surface area contributed by atoms with Crippen LogP contribution in [-0.4, -0.2) is 22.4 Å². The van der Waals surface area contributed by atoms with Gasteiger partial charge in [-0.1, -0.05) is 0 Å². The molecule has 2 aromatic rings. The van der Waals surface area contributed by atoms with E-state index in [0.29, 0.717) is 11.7 Å². The number of rotatable bonds is 5. The maximum Gasteiger partial charge on any atom is 0.252 e. The van der Waals surface area contributed by atoms with Crippen LogP contribution in [0.15, 0.2) is 23.8 Å². The van der Waals surface area contributed by atoms with E-state index in [1.807, 2.05) is 5.38 Å². The van der Waals surface area contributed by atoms with Crippen LogP contribution in [0.5, 0.6) is 0 Å². The van der Waals surface area contributed by atoms with Crippen molar-refractivity contribution in [2.75, 3.05) is 12.3 Å². The molecule has 0 aliphatic heterocycles. The molecular formula is C12H13FN4OS. The molecule has 0 atom stereocenters. The molecule has 7 heteroatoms. The minimum Gasteiger partial charge on any atom is -0.375 e. The highest BCUT2D eigenvalue weighted by molar-refractivity contribution is 7.13. The lowest BCUT2D eigenvalue weighted by Crippen LogP contribution is -2.25. The summed E-state index contributed by atoms with van der Waals surface area (Å²) in [6, 6.07) is 1.16. The van der Waals surface area contributed by atoms with E-state index < -0.39 is 5.82 Å². The maximum atomic E-state index is 12.9. The Morgan fingerprint density at radius 3 is 3.00 bits per heavy atom. The van der Waals surface area contributed by atoms with Crippen LogP contribution in [0, 0.1) is 5.82 Å². The molecule has 3 N–H and O–H groups in total. The maximum absolute atomic E-state index is 12.9. The summed E-state index contributed by atoms with van der Waals surface area (Å²) in [5.74, 6) is -0.851. The van der Waals surface area contributed by atoms with Crippen LogP contribution >= 0.6 is 11.3 Å². The molecule has 1 amide bonds. The molecule has 0 saturated heterocycles. The van der Waals surface area contributed by atoms with Gasteiger partial charge in [-0.05, 0) is 18.9 Å². The van der Waals surface area contributed by atoms with Gasteiger partial charge in [-0.3, -0.25) is 9.78 Å². The molecule has 100 valence electrons. The van der Waals surface area contributed by atoms with Crippen LogP contribution in [0.2, 0.25) is 0 Å². The minimum atomic E-state index is -0.523. The summed E-state index contributed by atoms with van der Waals surface area (Å²) in [7, 11) is 0. The second kappa shape index (κ2) is 6.24. The predicted molar refractivity (Wildman–Crippen MR) is 71.4 cm³/mol. The van der Waals surface area contributed by atoms with Crippen LogP contribution in [0.1, 0.15) is 22.5 Å². The molecule has 5 nitrogen and oxygen atoms in total. The van der Waals surface area contributed by atoms with Crippen molar-refractivity contribution >= 4 is 22.4 Å². The van der Waals surface area contributed by atoms with Crippen molar-refractivity contribution in [3.63, 3.8) is 0 Å². The van der Waals surface area contributed by atoms with Gasteiger partial charge in [0.25, 0.3) is 5.91 Å². The van der Waals surface area contributed by atoms with Crippen molar-refractivity contribution in [2.24, 2.45) is 0 Å². The summed E-state index contributed by atoms with van der Waals surface area (Å²) >= 11 is 1.40. The molecule has 0 bridgehead atoms. The molecular weight excluding hydrogens is 267 g/mol. The zero-order valence-corrected chi connectivity index (χ0v) is 10.9. The van der Waals surface area contributed by atoms with Crippen molar-refractivity contribution < 1.29 is 9.18 Å². The number of hydrogen-bond acceptors (Lipinski definition) is 5. The first kappa shape index (κ1) is 13.4. The number of carbonyl (C=O) groups excluding carboxylic acids is 1. The molecule has 2 rings (SSSR count). The quantitative estimate of drug-likeness (QED) is 0.816. The van der Waals surface area contributed by atoms with E-state index in [1.165, 1.54) is 17.5 Å². The second-order valence-corrected chi connectivity index (χ2v) is 4.82. The van der Waals surface area contributed by atoms with Gasteiger partial charge in [0, 0.05) is 18.1 Å². The molecule has 0 aliphatic carbocycles. The largest absolute Gasteiger partial charge is 0.375 e. The number of amides is 1. The molecule has 0 aromatic carbocycles. The number of nitrogens with two attached hydrogens (primary N) is 1. The summed E-state index contributed by atoms with van der Waals surface area (Å²) in [4.78, 5) is 19.4. The van der Waals surface area contributed by atoms with Crippen molar-refractivity contribution in [1.82, 2.24) is 15.3 Å². The average Bonchev–Trinajstić information content (AvgIpc) is 2.80. The highest BCUT2D eigenvalue weighted by Gasteiger charge is 2.06. The summed E-state index contributed by atoms with van der Waals surface area (Å²) in [5.41, 5.74) is 6.66. The van der Waals surface area contributed by atoms with Crippen LogP contribution < -0.4 is 11.1 Å². The zero-order chi connectivity index (χ0) is 13.7. The van der Waals surface area contributed by atoms with E-state index in [4.69, 9.17) is 5.73 Å². The fourth-order valence-electron chi connectivity index (χ4n) is 1.55. The SMILES string of the molecule is Nc1nc(CCCNC(=O)c2cncc(F)c2)cs1. The van der Waals surface area contributed by atoms with Gasteiger partial charge in [0.15, 0.2) is 5.13 Å². The first-order chi connectivity index (χ1) is 9.15. The van der Waals surface area contributed by atoms with Gasteiger partial charge >= 0.3 is 0 Å². The first-order valence-corrected chi connectivity index (χ1v) is 6.62. The molecule has 0 unspecified atom stereocenters. The van der Waals surface area contributed by atoms with Crippen LogP contribution in [0.25, 0.3) is 0 Å². The Morgan fingerprint density at radius 1 is 1.47 bits per heavy atom. The number of hydrogen-bond donors (Lipinski definition) is 2. The number of aryl methyl sites for hydroxylation is 1. The highest BCUT2D eigenvalue weighted by atomic mass is 32.1. The Bertz CT molecular complexity index is 572. The molecule has 0 spiro atoms. The smallest absolute Gasteiger partial charge is 0.252 e. The fraction of sp³-hybridized carbons (Fsp3) is 0.250. The number of aromatic nitrogens is 2. The Labute approximate surface area is 113 Å². The molecule has 19 heavy (non-hydrogen) atoms. The molecule has 2 aromatic heterocycles. The van der Waals surface area contributed by atoms with E-state index in [9.17, 15) is 9.18 Å². The summed E-state index contributed by atoms with van der Waals surface area (Å²) in [5, 5.41) is 5.14. The van der Waals surface area contributed by atoms with Gasteiger partial charge in [0.05, 0.1) is 17.5 Å². The molecule has 0 saturated carbocycles. The Hall–Kier alpha value is -2.02. The monoisotopic (exact) mass is 280 g/mol. The first-order valence-electron chi connectivity index (χ1n) is 5.74. The van der Waals surface area contributed by atoms with E-state index >= 15 is 0 Å². The summed E-state index contributed by atoms with van der Waals surface area (Å²) in [6.45, 7) is 0.493. The number of halogens is 1. The molecule has 0 aliphatic rings. The molecule has 0 fully saturated rings. The second-order valence-electron chi connectivity index (χ2n) is 3.93. The number of nitrogens with one attached hydrogen (secondary N) is 1. The molecule has 2 heterocycles. The number of nitrogen functional groups attached to an aromatic ring is 1. The van der Waals surface area contributed by atoms with Gasteiger partial charge < -0.3 is 11.1 Å². The number of carbonyl (C=O) groups is 1. The van der Waals surface area contributed by atoms with Gasteiger partial charge in [0.1, 0.15) is 5.82 Å². The Morgan fingerprint density at radius 2 is 2.32 bits per heavy atom. The summed E-state index contributed by atoms with van der Waals surface area (Å²) < 4.78 is 12.9. The van der Waals surface area contributed by atoms with Gasteiger partial charge in [-0.2, -0.15) is 0 Å². The van der Waals surface area contributed by atoms with E-state index in [2.05, 4.69) is 15.3 Å². The van der Waals surface area contributed by atoms with Crippen LogP contribution in [0.3, 0.4) is 0 Å². The van der Waals surface area contributed by atoms with Gasteiger partial charge in [-0.15, -0.1) is 11.3 Å². The van der Waals surface area contributed by atoms with Gasteiger partial charge in [0.2, 0.25) is 0 Å². The summed E-state index contributed by atoms with van der Waals surface area (Å²) in [6.07, 6.45) is 3.88. The Balaban J connectivity index is 1.75. The zero-order valence-electron chi connectivity index (χ0n) is 10.1. The Kier molecular flexibility index (Phi) is 4.40. The highest BCUT2D eigenvalue weighted by Crippen LogP contribution is 2.12. The van der Waals surface area contributed by atoms with Crippen LogP contribution in [0.4, 0.5) is 9.52 Å². The van der Waals surface area contributed by atoms with E-state index in [1.54, 1.807) is 0 Å². The lowest BCUT2D eigenvalue weighted by molar-refractivity contribution is 0.0952. The topological polar surface area (TPSA) is 80.9 Å². The van der Waals surface area contributed by atoms with E-state index in [-0.39, 0.29) is 11.5 Å². The third kappa shape index (κ3) is 3.99. The predicted octanol–water partition coefficient (Wildman–Crippen LogP) is 1.62. The van der Waals surface area contributed by atoms with Crippen molar-refractivity contribution in [3.8, 4) is 0 Å². The van der Waals surface area contributed by atoms with Crippen molar-refractivity contribution in [1.29, 1.82) is 0 Å². The number of pyridine rings is 1. The number of nitrogens with zero attached hydrogens (tertiary/aromatic N) is 2. The van der Waals surface area contributed by atoms with Crippen molar-refractivity contribution in [3.05, 3.63) is 40.9 Å². The van der Waals surface area contributed by atoms with Gasteiger partial charge in [-0.25, -0.2) is 9.37 Å². The lowest BCUT2D eigenvalue weighted by atomic mass is 10.2. The van der Waals surface area contributed by atoms with Crippen molar-refractivity contribution in [2.45, 2.75) is 12.8 Å². The normalized spacial score (nSPS) is 10.4. The third-order valence-electron chi connectivity index (χ3n) is 2.43. The average molecular weight is 280 g/mol. The van der Waals surface area contributed by atoms with Crippen LogP contribution in [-0.2, 0) is 6.42 Å². The number of thiazole rings is 1. The fourth-order valence-corrected chi connectivity index (χ4v) is 2.14. The number of anilines is 1. The lowest BCUT2D eigenvalue weighted by Gasteiger charge is -2.04. The minimum absolute atomic E-state index is 0.220. The third-order valence-corrected chi connectivity index (χ3v) is 3.15.